The summed E-state index contributed by atoms with van der Waals surface area (Å²) < 4.78 is 39.9. The second-order valence-corrected chi connectivity index (χ2v) is 4.97. The molecule has 16 heavy (non-hydrogen) atoms. The maximum absolute atomic E-state index is 13.5. The van der Waals surface area contributed by atoms with Gasteiger partial charge in [0.05, 0.1) is 6.54 Å². The molecule has 0 atom stereocenters. The fourth-order valence-electron chi connectivity index (χ4n) is 1.83. The highest BCUT2D eigenvalue weighted by molar-refractivity contribution is 9.10. The molecule has 0 bridgehead atoms. The average Bonchev–Trinajstić information content (AvgIpc) is 2.51. The Morgan fingerprint density at radius 1 is 1.38 bits per heavy atom. The summed E-state index contributed by atoms with van der Waals surface area (Å²) in [6.07, 6.45) is -0.134. The van der Waals surface area contributed by atoms with Gasteiger partial charge in [-0.25, -0.2) is 13.2 Å². The van der Waals surface area contributed by atoms with Crippen molar-refractivity contribution >= 4 is 15.9 Å². The zero-order chi connectivity index (χ0) is 11.8. The van der Waals surface area contributed by atoms with Crippen LogP contribution in [0.4, 0.5) is 13.2 Å². The number of nitrogens with zero attached hydrogens (tertiary/aromatic N) is 1. The number of rotatable bonds is 2. The molecule has 1 fully saturated rings. The molecule has 1 aliphatic heterocycles. The molecule has 0 unspecified atom stereocenters. The van der Waals surface area contributed by atoms with Gasteiger partial charge in [-0.05, 0) is 12.1 Å². The summed E-state index contributed by atoms with van der Waals surface area (Å²) in [5.41, 5.74) is 0.459. The van der Waals surface area contributed by atoms with Gasteiger partial charge in [-0.2, -0.15) is 0 Å². The molecule has 0 radical (unpaired) electrons. The van der Waals surface area contributed by atoms with E-state index < -0.39 is 5.92 Å². The average molecular weight is 294 g/mol. The molecule has 88 valence electrons. The Morgan fingerprint density at radius 3 is 2.69 bits per heavy atom. The van der Waals surface area contributed by atoms with Crippen LogP contribution in [0.5, 0.6) is 0 Å². The van der Waals surface area contributed by atoms with E-state index >= 15 is 0 Å². The van der Waals surface area contributed by atoms with Crippen LogP contribution in [0.1, 0.15) is 12.0 Å². The summed E-state index contributed by atoms with van der Waals surface area (Å²) >= 11 is 3.15. The Balaban J connectivity index is 2.05. The van der Waals surface area contributed by atoms with E-state index in [9.17, 15) is 13.2 Å². The van der Waals surface area contributed by atoms with Crippen molar-refractivity contribution in [2.24, 2.45) is 0 Å². The smallest absolute Gasteiger partial charge is 0.261 e. The number of halogens is 4. The summed E-state index contributed by atoms with van der Waals surface area (Å²) in [5.74, 6) is -2.98. The zero-order valence-electron chi connectivity index (χ0n) is 8.52. The SMILES string of the molecule is Fc1cc(Br)ccc1CN1CCC(F)(F)C1. The Bertz CT molecular complexity index is 395. The first-order valence-corrected chi connectivity index (χ1v) is 5.80. The van der Waals surface area contributed by atoms with Crippen LogP contribution in [0.25, 0.3) is 0 Å². The molecule has 1 saturated heterocycles. The van der Waals surface area contributed by atoms with Crippen molar-refractivity contribution in [2.75, 3.05) is 13.1 Å². The number of benzene rings is 1. The molecule has 1 aliphatic rings. The van der Waals surface area contributed by atoms with Gasteiger partial charge in [0, 0.05) is 29.5 Å². The van der Waals surface area contributed by atoms with Gasteiger partial charge in [-0.15, -0.1) is 0 Å². The second kappa shape index (κ2) is 4.37. The number of hydrogen-bond donors (Lipinski definition) is 0. The standard InChI is InChI=1S/C11H11BrF3N/c12-9-2-1-8(10(13)5-9)6-16-4-3-11(14,15)7-16/h1-2,5H,3-4,6-7H2. The van der Waals surface area contributed by atoms with E-state index in [1.54, 1.807) is 17.0 Å². The minimum atomic E-state index is -2.62. The van der Waals surface area contributed by atoms with Crippen molar-refractivity contribution in [1.29, 1.82) is 0 Å². The molecule has 1 nitrogen and oxygen atoms in total. The molecule has 1 heterocycles. The molecular weight excluding hydrogens is 283 g/mol. The van der Waals surface area contributed by atoms with Crippen LogP contribution in [0.15, 0.2) is 22.7 Å². The largest absolute Gasteiger partial charge is 0.293 e. The summed E-state index contributed by atoms with van der Waals surface area (Å²) in [6, 6.07) is 4.69. The first-order chi connectivity index (χ1) is 7.46. The van der Waals surface area contributed by atoms with Gasteiger partial charge < -0.3 is 0 Å². The van der Waals surface area contributed by atoms with Crippen LogP contribution < -0.4 is 0 Å². The zero-order valence-corrected chi connectivity index (χ0v) is 10.1. The van der Waals surface area contributed by atoms with Crippen LogP contribution in [-0.4, -0.2) is 23.9 Å². The fraction of sp³-hybridized carbons (Fsp3) is 0.455. The lowest BCUT2D eigenvalue weighted by Crippen LogP contribution is -2.25. The quantitative estimate of drug-likeness (QED) is 0.807. The Morgan fingerprint density at radius 2 is 2.12 bits per heavy atom. The summed E-state index contributed by atoms with van der Waals surface area (Å²) in [4.78, 5) is 1.58. The fourth-order valence-corrected chi connectivity index (χ4v) is 2.17. The Kier molecular flexibility index (Phi) is 3.26. The predicted octanol–water partition coefficient (Wildman–Crippen LogP) is 3.43. The van der Waals surface area contributed by atoms with Gasteiger partial charge in [-0.1, -0.05) is 22.0 Å². The molecule has 2 rings (SSSR count). The normalized spacial score (nSPS) is 20.2. The molecule has 0 aliphatic carbocycles. The van der Waals surface area contributed by atoms with Crippen LogP contribution in [-0.2, 0) is 6.54 Å². The maximum Gasteiger partial charge on any atom is 0.261 e. The van der Waals surface area contributed by atoms with Crippen molar-refractivity contribution < 1.29 is 13.2 Å². The van der Waals surface area contributed by atoms with Crippen LogP contribution >= 0.6 is 15.9 Å². The third-order valence-corrected chi connectivity index (χ3v) is 3.15. The topological polar surface area (TPSA) is 3.24 Å². The molecule has 1 aromatic rings. The molecule has 0 amide bonds. The van der Waals surface area contributed by atoms with E-state index in [4.69, 9.17) is 0 Å². The minimum absolute atomic E-state index is 0.134. The Labute approximate surface area is 100 Å². The summed E-state index contributed by atoms with van der Waals surface area (Å²) in [6.45, 7) is 0.291. The lowest BCUT2D eigenvalue weighted by Gasteiger charge is -2.15. The van der Waals surface area contributed by atoms with Gasteiger partial charge >= 0.3 is 0 Å². The molecule has 0 N–H and O–H groups in total. The van der Waals surface area contributed by atoms with Gasteiger partial charge in [-0.3, -0.25) is 4.90 Å². The van der Waals surface area contributed by atoms with Crippen molar-refractivity contribution in [3.63, 3.8) is 0 Å². The number of likely N-dealkylation sites (tertiary alicyclic amines) is 1. The van der Waals surface area contributed by atoms with Gasteiger partial charge in [0.15, 0.2) is 0 Å². The van der Waals surface area contributed by atoms with E-state index in [-0.39, 0.29) is 25.3 Å². The summed E-state index contributed by atoms with van der Waals surface area (Å²) in [5, 5.41) is 0. The van der Waals surface area contributed by atoms with Gasteiger partial charge in [0.2, 0.25) is 0 Å². The van der Waals surface area contributed by atoms with E-state index in [0.717, 1.165) is 0 Å². The highest BCUT2D eigenvalue weighted by atomic mass is 79.9. The summed E-state index contributed by atoms with van der Waals surface area (Å²) in [7, 11) is 0. The molecule has 0 aromatic heterocycles. The first-order valence-electron chi connectivity index (χ1n) is 5.00. The molecule has 1 aromatic carbocycles. The maximum atomic E-state index is 13.5. The van der Waals surface area contributed by atoms with E-state index in [1.807, 2.05) is 0 Å². The van der Waals surface area contributed by atoms with E-state index in [2.05, 4.69) is 15.9 Å². The van der Waals surface area contributed by atoms with Crippen molar-refractivity contribution in [3.05, 3.63) is 34.1 Å². The second-order valence-electron chi connectivity index (χ2n) is 4.05. The van der Waals surface area contributed by atoms with E-state index in [0.29, 0.717) is 16.6 Å². The van der Waals surface area contributed by atoms with Crippen molar-refractivity contribution in [1.82, 2.24) is 4.90 Å². The Hall–Kier alpha value is -0.550. The first kappa shape index (κ1) is 11.9. The third kappa shape index (κ3) is 2.77. The monoisotopic (exact) mass is 293 g/mol. The van der Waals surface area contributed by atoms with Crippen molar-refractivity contribution in [2.45, 2.75) is 18.9 Å². The highest BCUT2D eigenvalue weighted by Gasteiger charge is 2.38. The van der Waals surface area contributed by atoms with Crippen LogP contribution in [0.3, 0.4) is 0 Å². The minimum Gasteiger partial charge on any atom is -0.293 e. The number of hydrogen-bond acceptors (Lipinski definition) is 1. The molecule has 0 saturated carbocycles. The van der Waals surface area contributed by atoms with Crippen LogP contribution in [0, 0.1) is 5.82 Å². The van der Waals surface area contributed by atoms with Gasteiger partial charge in [0.1, 0.15) is 5.82 Å². The highest BCUT2D eigenvalue weighted by Crippen LogP contribution is 2.28. The van der Waals surface area contributed by atoms with Crippen LogP contribution in [0.2, 0.25) is 0 Å². The van der Waals surface area contributed by atoms with E-state index in [1.165, 1.54) is 6.07 Å². The lowest BCUT2D eigenvalue weighted by atomic mass is 10.2. The predicted molar refractivity (Wildman–Crippen MR) is 58.9 cm³/mol. The third-order valence-electron chi connectivity index (χ3n) is 2.66. The molecule has 0 spiro atoms. The van der Waals surface area contributed by atoms with Gasteiger partial charge in [0.25, 0.3) is 5.92 Å². The lowest BCUT2D eigenvalue weighted by molar-refractivity contribution is 0.0114. The number of alkyl halides is 2. The molecular formula is C11H11BrF3N. The molecule has 5 heteroatoms. The van der Waals surface area contributed by atoms with Crippen molar-refractivity contribution in [3.8, 4) is 0 Å².